The Kier molecular flexibility index (Phi) is 6.80. The van der Waals surface area contributed by atoms with Gasteiger partial charge in [-0.3, -0.25) is 9.36 Å². The first-order valence-corrected chi connectivity index (χ1v) is 14.4. The van der Waals surface area contributed by atoms with Gasteiger partial charge in [0, 0.05) is 14.5 Å². The van der Waals surface area contributed by atoms with Gasteiger partial charge in [0.1, 0.15) is 0 Å². The fourth-order valence-corrected chi connectivity index (χ4v) is 6.72. The number of hydrogen-bond donors (Lipinski definition) is 0. The van der Waals surface area contributed by atoms with Gasteiger partial charge in [-0.25, -0.2) is 4.99 Å². The Morgan fingerprint density at radius 1 is 0.919 bits per heavy atom. The minimum atomic E-state index is -0.304. The fraction of sp³-hybridized carbons (Fsp3) is 0.133. The van der Waals surface area contributed by atoms with E-state index in [0.29, 0.717) is 19.4 Å². The van der Waals surface area contributed by atoms with E-state index < -0.39 is 0 Å². The lowest BCUT2D eigenvalue weighted by atomic mass is 9.84. The molecule has 1 atom stereocenters. The Morgan fingerprint density at radius 3 is 2.41 bits per heavy atom. The molecule has 37 heavy (non-hydrogen) atoms. The lowest BCUT2D eigenvalue weighted by molar-refractivity contribution is 0.553. The first-order valence-electron chi connectivity index (χ1n) is 12.0. The maximum Gasteiger partial charge on any atom is 0.271 e. The van der Waals surface area contributed by atoms with Crippen LogP contribution in [0.25, 0.3) is 12.2 Å². The zero-order valence-electron chi connectivity index (χ0n) is 19.6. The van der Waals surface area contributed by atoms with Gasteiger partial charge in [0.2, 0.25) is 0 Å². The number of benzene rings is 3. The van der Waals surface area contributed by atoms with Gasteiger partial charge in [0.25, 0.3) is 5.56 Å². The SMILES string of the molecule is O=c1/c(=C\c2ccc(Br)cc2)sc2n1[C@@H](c1ccccc1Cl)C1=C(N=2)/C(=C\c2ccccc2Cl)CCC1. The number of hydrogen-bond acceptors (Lipinski definition) is 3. The van der Waals surface area contributed by atoms with Gasteiger partial charge in [-0.1, -0.05) is 99.0 Å². The van der Waals surface area contributed by atoms with Gasteiger partial charge in [-0.05, 0) is 83.5 Å². The normalized spacial score (nSPS) is 18.5. The van der Waals surface area contributed by atoms with E-state index in [2.05, 4.69) is 22.0 Å². The molecule has 0 amide bonds. The summed E-state index contributed by atoms with van der Waals surface area (Å²) in [6.45, 7) is 0. The highest BCUT2D eigenvalue weighted by Gasteiger charge is 2.33. The van der Waals surface area contributed by atoms with E-state index in [0.717, 1.165) is 57.3 Å². The monoisotopic (exact) mass is 606 g/mol. The molecule has 184 valence electrons. The highest BCUT2D eigenvalue weighted by atomic mass is 79.9. The Hall–Kier alpha value is -2.70. The van der Waals surface area contributed by atoms with Gasteiger partial charge in [0.05, 0.1) is 16.3 Å². The second-order valence-corrected chi connectivity index (χ2v) is 11.8. The van der Waals surface area contributed by atoms with Crippen molar-refractivity contribution < 1.29 is 0 Å². The van der Waals surface area contributed by atoms with Crippen LogP contribution in [0, 0.1) is 0 Å². The molecule has 6 rings (SSSR count). The maximum absolute atomic E-state index is 13.8. The van der Waals surface area contributed by atoms with Crippen LogP contribution in [-0.2, 0) is 0 Å². The smallest absolute Gasteiger partial charge is 0.271 e. The van der Waals surface area contributed by atoms with Gasteiger partial charge in [-0.15, -0.1) is 0 Å². The summed E-state index contributed by atoms with van der Waals surface area (Å²) in [4.78, 5) is 19.6. The van der Waals surface area contributed by atoms with Crippen LogP contribution in [0.1, 0.15) is 42.0 Å². The fourth-order valence-electron chi connectivity index (χ4n) is 5.02. The molecular formula is C30H21BrCl2N2OS. The lowest BCUT2D eigenvalue weighted by Crippen LogP contribution is -2.39. The molecule has 3 aromatic carbocycles. The first-order chi connectivity index (χ1) is 18.0. The zero-order valence-corrected chi connectivity index (χ0v) is 23.5. The molecule has 2 heterocycles. The van der Waals surface area contributed by atoms with Crippen LogP contribution in [0.4, 0.5) is 0 Å². The summed E-state index contributed by atoms with van der Waals surface area (Å²) in [5.74, 6) is 0. The number of aromatic nitrogens is 1. The average molecular weight is 608 g/mol. The molecule has 0 spiro atoms. The summed E-state index contributed by atoms with van der Waals surface area (Å²) < 4.78 is 3.47. The third-order valence-electron chi connectivity index (χ3n) is 6.74. The second-order valence-electron chi connectivity index (χ2n) is 9.07. The Balaban J connectivity index is 1.60. The van der Waals surface area contributed by atoms with Gasteiger partial charge < -0.3 is 0 Å². The largest absolute Gasteiger partial charge is 0.272 e. The minimum Gasteiger partial charge on any atom is -0.272 e. The number of nitrogens with zero attached hydrogens (tertiary/aromatic N) is 2. The predicted molar refractivity (Wildman–Crippen MR) is 157 cm³/mol. The van der Waals surface area contributed by atoms with Crippen LogP contribution < -0.4 is 14.9 Å². The highest BCUT2D eigenvalue weighted by molar-refractivity contribution is 9.10. The van der Waals surface area contributed by atoms with Crippen molar-refractivity contribution in [1.82, 2.24) is 4.57 Å². The third-order valence-corrected chi connectivity index (χ3v) is 8.94. The van der Waals surface area contributed by atoms with E-state index in [-0.39, 0.29) is 11.6 Å². The standard InChI is InChI=1S/C30H21BrCl2N2OS/c31-21-14-12-18(13-15-21)16-26-29(36)35-28(22-8-2-4-11-25(22)33)23-9-5-7-20(27(23)34-30(35)37-26)17-19-6-1-3-10-24(19)32/h1-4,6,8,10-17,28H,5,7,9H2/b20-17-,26-16+/t28-/m0/s1. The number of thiazole rings is 1. The second kappa shape index (κ2) is 10.2. The topological polar surface area (TPSA) is 34.4 Å². The molecule has 0 saturated heterocycles. The molecule has 4 aromatic rings. The summed E-state index contributed by atoms with van der Waals surface area (Å²) in [7, 11) is 0. The molecule has 1 aliphatic heterocycles. The molecule has 3 nitrogen and oxygen atoms in total. The van der Waals surface area contributed by atoms with Crippen LogP contribution in [0.5, 0.6) is 0 Å². The van der Waals surface area contributed by atoms with Crippen molar-refractivity contribution in [2.75, 3.05) is 0 Å². The number of allylic oxidation sites excluding steroid dienone is 2. The summed E-state index contributed by atoms with van der Waals surface area (Å²) >= 11 is 18.1. The number of halogens is 3. The molecule has 0 N–H and O–H groups in total. The van der Waals surface area contributed by atoms with Crippen molar-refractivity contribution >= 4 is 62.6 Å². The van der Waals surface area contributed by atoms with E-state index in [1.54, 1.807) is 0 Å². The highest BCUT2D eigenvalue weighted by Crippen LogP contribution is 2.42. The van der Waals surface area contributed by atoms with Crippen molar-refractivity contribution in [3.63, 3.8) is 0 Å². The molecule has 0 radical (unpaired) electrons. The zero-order chi connectivity index (χ0) is 25.5. The Bertz CT molecular complexity index is 1770. The lowest BCUT2D eigenvalue weighted by Gasteiger charge is -2.31. The Morgan fingerprint density at radius 2 is 1.65 bits per heavy atom. The van der Waals surface area contributed by atoms with Gasteiger partial charge >= 0.3 is 0 Å². The summed E-state index contributed by atoms with van der Waals surface area (Å²) in [5.41, 5.74) is 6.01. The summed E-state index contributed by atoms with van der Waals surface area (Å²) in [5, 5.41) is 1.35. The Labute approximate surface area is 236 Å². The molecule has 0 unspecified atom stereocenters. The molecule has 0 bridgehead atoms. The molecule has 7 heteroatoms. The molecule has 0 saturated carbocycles. The molecule has 1 aliphatic carbocycles. The summed E-state index contributed by atoms with van der Waals surface area (Å²) in [6.07, 6.45) is 6.79. The number of rotatable bonds is 3. The van der Waals surface area contributed by atoms with Crippen molar-refractivity contribution in [3.8, 4) is 0 Å². The minimum absolute atomic E-state index is 0.0506. The average Bonchev–Trinajstić information content (AvgIpc) is 3.21. The van der Waals surface area contributed by atoms with Crippen LogP contribution in [0.3, 0.4) is 0 Å². The van der Waals surface area contributed by atoms with Crippen molar-refractivity contribution in [2.24, 2.45) is 4.99 Å². The van der Waals surface area contributed by atoms with Crippen LogP contribution in [0.15, 0.2) is 104 Å². The van der Waals surface area contributed by atoms with Crippen molar-refractivity contribution in [2.45, 2.75) is 25.3 Å². The number of fused-ring (bicyclic) bond motifs is 1. The van der Waals surface area contributed by atoms with Crippen LogP contribution >= 0.6 is 50.5 Å². The molecular weight excluding hydrogens is 587 g/mol. The predicted octanol–water partition coefficient (Wildman–Crippen LogP) is 7.55. The summed E-state index contributed by atoms with van der Waals surface area (Å²) in [6, 6.07) is 23.3. The molecule has 2 aliphatic rings. The van der Waals surface area contributed by atoms with E-state index in [9.17, 15) is 4.79 Å². The van der Waals surface area contributed by atoms with Crippen LogP contribution in [0.2, 0.25) is 10.0 Å². The quantitative estimate of drug-likeness (QED) is 0.237. The van der Waals surface area contributed by atoms with E-state index in [1.807, 2.05) is 83.4 Å². The molecule has 1 aromatic heterocycles. The third kappa shape index (κ3) is 4.70. The van der Waals surface area contributed by atoms with Crippen molar-refractivity contribution in [1.29, 1.82) is 0 Å². The van der Waals surface area contributed by atoms with Gasteiger partial charge in [0.15, 0.2) is 4.80 Å². The maximum atomic E-state index is 13.8. The van der Waals surface area contributed by atoms with Gasteiger partial charge in [-0.2, -0.15) is 0 Å². The first kappa shape index (κ1) is 24.6. The van der Waals surface area contributed by atoms with Crippen molar-refractivity contribution in [3.05, 3.63) is 141 Å². The van der Waals surface area contributed by atoms with Crippen LogP contribution in [-0.4, -0.2) is 4.57 Å². The van der Waals surface area contributed by atoms with E-state index in [4.69, 9.17) is 28.2 Å². The molecule has 0 fully saturated rings. The van der Waals surface area contributed by atoms with E-state index >= 15 is 0 Å². The van der Waals surface area contributed by atoms with E-state index in [1.165, 1.54) is 11.3 Å².